The first kappa shape index (κ1) is 16.5. The molecule has 1 fully saturated rings. The fraction of sp³-hybridized carbons (Fsp3) is 0.278. The van der Waals surface area contributed by atoms with Gasteiger partial charge in [-0.05, 0) is 49.6 Å². The van der Waals surface area contributed by atoms with Gasteiger partial charge in [-0.2, -0.15) is 0 Å². The van der Waals surface area contributed by atoms with Crippen molar-refractivity contribution in [1.29, 1.82) is 0 Å². The number of nitrogens with one attached hydrogen (secondary N) is 1. The van der Waals surface area contributed by atoms with Crippen molar-refractivity contribution in [1.82, 2.24) is 0 Å². The molecule has 0 saturated carbocycles. The molecule has 1 N–H and O–H groups in total. The average molecular weight is 344 g/mol. The van der Waals surface area contributed by atoms with Gasteiger partial charge in [-0.1, -0.05) is 24.3 Å². The Morgan fingerprint density at radius 3 is 2.46 bits per heavy atom. The van der Waals surface area contributed by atoms with E-state index in [0.717, 1.165) is 17.7 Å². The Kier molecular flexibility index (Phi) is 4.32. The number of nitrogens with zero attached hydrogens (tertiary/aromatic N) is 1. The predicted octanol–water partition coefficient (Wildman–Crippen LogP) is 3.23. The molecular formula is C18H20N2O3S. The molecule has 0 spiro atoms. The number of hydrogen-bond acceptors (Lipinski definition) is 3. The fourth-order valence-corrected chi connectivity index (χ4v) is 4.23. The van der Waals surface area contributed by atoms with Gasteiger partial charge < -0.3 is 4.90 Å². The monoisotopic (exact) mass is 344 g/mol. The molecule has 1 aliphatic rings. The van der Waals surface area contributed by atoms with E-state index >= 15 is 0 Å². The van der Waals surface area contributed by atoms with Gasteiger partial charge in [0.1, 0.15) is 0 Å². The maximum atomic E-state index is 12.6. The highest BCUT2D eigenvalue weighted by Gasteiger charge is 2.24. The van der Waals surface area contributed by atoms with Crippen LogP contribution >= 0.6 is 0 Å². The second kappa shape index (κ2) is 6.28. The van der Waals surface area contributed by atoms with Crippen LogP contribution in [0.1, 0.15) is 24.0 Å². The molecule has 5 nitrogen and oxygen atoms in total. The van der Waals surface area contributed by atoms with Crippen molar-refractivity contribution in [2.75, 3.05) is 16.2 Å². The molecule has 0 atom stereocenters. The summed E-state index contributed by atoms with van der Waals surface area (Å²) in [6.07, 6.45) is 1.37. The van der Waals surface area contributed by atoms with E-state index in [9.17, 15) is 13.2 Å². The second-order valence-electron chi connectivity index (χ2n) is 6.02. The third kappa shape index (κ3) is 3.14. The molecule has 2 aromatic rings. The van der Waals surface area contributed by atoms with Gasteiger partial charge >= 0.3 is 0 Å². The van der Waals surface area contributed by atoms with E-state index in [-0.39, 0.29) is 10.8 Å². The van der Waals surface area contributed by atoms with Crippen LogP contribution in [0.3, 0.4) is 0 Å². The van der Waals surface area contributed by atoms with Crippen molar-refractivity contribution in [2.45, 2.75) is 31.6 Å². The zero-order valence-electron chi connectivity index (χ0n) is 13.7. The number of aryl methyl sites for hydroxylation is 2. The smallest absolute Gasteiger partial charge is 0.262 e. The Hall–Kier alpha value is -2.34. The third-order valence-corrected chi connectivity index (χ3v) is 5.75. The minimum absolute atomic E-state index is 0.0806. The molecule has 0 unspecified atom stereocenters. The summed E-state index contributed by atoms with van der Waals surface area (Å²) in [6.45, 7) is 4.35. The lowest BCUT2D eigenvalue weighted by molar-refractivity contribution is -0.117. The molecule has 6 heteroatoms. The minimum atomic E-state index is -3.66. The van der Waals surface area contributed by atoms with Gasteiger partial charge in [-0.25, -0.2) is 8.42 Å². The summed E-state index contributed by atoms with van der Waals surface area (Å²) < 4.78 is 27.8. The molecule has 126 valence electrons. The molecule has 0 aliphatic carbocycles. The van der Waals surface area contributed by atoms with Crippen LogP contribution in [-0.4, -0.2) is 20.9 Å². The number of rotatable bonds is 4. The van der Waals surface area contributed by atoms with Crippen molar-refractivity contribution >= 4 is 27.3 Å². The molecule has 2 aromatic carbocycles. The Balaban J connectivity index is 1.94. The lowest BCUT2D eigenvalue weighted by Crippen LogP contribution is -2.24. The van der Waals surface area contributed by atoms with Gasteiger partial charge in [0.15, 0.2) is 0 Å². The van der Waals surface area contributed by atoms with Gasteiger partial charge in [0.05, 0.1) is 10.6 Å². The number of hydrogen-bond donors (Lipinski definition) is 1. The van der Waals surface area contributed by atoms with E-state index in [4.69, 9.17) is 0 Å². The van der Waals surface area contributed by atoms with Crippen LogP contribution in [0.5, 0.6) is 0 Å². The van der Waals surface area contributed by atoms with Crippen LogP contribution in [0.2, 0.25) is 0 Å². The maximum Gasteiger partial charge on any atom is 0.262 e. The molecule has 1 heterocycles. The summed E-state index contributed by atoms with van der Waals surface area (Å²) in [6, 6.07) is 12.1. The van der Waals surface area contributed by atoms with Gasteiger partial charge in [0.25, 0.3) is 10.0 Å². The second-order valence-corrected chi connectivity index (χ2v) is 7.67. The normalized spacial score (nSPS) is 14.9. The summed E-state index contributed by atoms with van der Waals surface area (Å²) >= 11 is 0. The summed E-state index contributed by atoms with van der Waals surface area (Å²) in [5.74, 6) is 0.0806. The number of sulfonamides is 1. The van der Waals surface area contributed by atoms with Crippen LogP contribution in [0.15, 0.2) is 47.4 Å². The molecular weight excluding hydrogens is 324 g/mol. The van der Waals surface area contributed by atoms with Gasteiger partial charge in [-0.3, -0.25) is 9.52 Å². The lowest BCUT2D eigenvalue weighted by Gasteiger charge is -2.20. The molecule has 1 amide bonds. The summed E-state index contributed by atoms with van der Waals surface area (Å²) in [4.78, 5) is 14.0. The Labute approximate surface area is 142 Å². The summed E-state index contributed by atoms with van der Waals surface area (Å²) in [5.41, 5.74) is 2.86. The highest BCUT2D eigenvalue weighted by atomic mass is 32.2. The van der Waals surface area contributed by atoms with E-state index in [0.29, 0.717) is 24.2 Å². The fourth-order valence-electron chi connectivity index (χ4n) is 2.93. The molecule has 1 saturated heterocycles. The van der Waals surface area contributed by atoms with E-state index in [1.807, 2.05) is 13.0 Å². The van der Waals surface area contributed by atoms with Crippen molar-refractivity contribution in [3.05, 3.63) is 53.6 Å². The quantitative estimate of drug-likeness (QED) is 0.926. The Morgan fingerprint density at radius 2 is 1.79 bits per heavy atom. The Bertz CT molecular complexity index is 891. The first-order valence-corrected chi connectivity index (χ1v) is 9.36. The summed E-state index contributed by atoms with van der Waals surface area (Å²) in [5, 5.41) is 0. The largest absolute Gasteiger partial charge is 0.312 e. The Morgan fingerprint density at radius 1 is 1.04 bits per heavy atom. The van der Waals surface area contributed by atoms with Crippen molar-refractivity contribution in [3.8, 4) is 0 Å². The molecule has 0 radical (unpaired) electrons. The van der Waals surface area contributed by atoms with Gasteiger partial charge in [0.2, 0.25) is 5.91 Å². The van der Waals surface area contributed by atoms with Crippen molar-refractivity contribution < 1.29 is 13.2 Å². The SMILES string of the molecule is Cc1ccc(NS(=O)(=O)c2ccccc2C)cc1N1CCCC1=O. The van der Waals surface area contributed by atoms with E-state index in [1.165, 1.54) is 0 Å². The van der Waals surface area contributed by atoms with E-state index in [1.54, 1.807) is 48.2 Å². The standard InChI is InChI=1S/C18H20N2O3S/c1-13-9-10-15(12-16(13)20-11-5-8-18(20)21)19-24(22,23)17-7-4-3-6-14(17)2/h3-4,6-7,9-10,12,19H,5,8,11H2,1-2H3. The van der Waals surface area contributed by atoms with Crippen LogP contribution in [0, 0.1) is 13.8 Å². The molecule has 1 aliphatic heterocycles. The van der Waals surface area contributed by atoms with Crippen LogP contribution in [0.25, 0.3) is 0 Å². The maximum absolute atomic E-state index is 12.6. The van der Waals surface area contributed by atoms with Crippen LogP contribution in [-0.2, 0) is 14.8 Å². The van der Waals surface area contributed by atoms with Crippen molar-refractivity contribution in [3.63, 3.8) is 0 Å². The zero-order valence-corrected chi connectivity index (χ0v) is 14.6. The summed E-state index contributed by atoms with van der Waals surface area (Å²) in [7, 11) is -3.66. The van der Waals surface area contributed by atoms with Gasteiger partial charge in [-0.15, -0.1) is 0 Å². The van der Waals surface area contributed by atoms with Gasteiger partial charge in [0, 0.05) is 18.7 Å². The van der Waals surface area contributed by atoms with Crippen LogP contribution in [0.4, 0.5) is 11.4 Å². The molecule has 3 rings (SSSR count). The molecule has 0 bridgehead atoms. The average Bonchev–Trinajstić information content (AvgIpc) is 2.95. The van der Waals surface area contributed by atoms with E-state index < -0.39 is 10.0 Å². The lowest BCUT2D eigenvalue weighted by atomic mass is 10.1. The van der Waals surface area contributed by atoms with Crippen molar-refractivity contribution in [2.24, 2.45) is 0 Å². The molecule has 0 aromatic heterocycles. The number of benzene rings is 2. The zero-order chi connectivity index (χ0) is 17.3. The van der Waals surface area contributed by atoms with Crippen LogP contribution < -0.4 is 9.62 Å². The topological polar surface area (TPSA) is 66.5 Å². The number of carbonyl (C=O) groups excluding carboxylic acids is 1. The third-order valence-electron chi connectivity index (χ3n) is 4.21. The first-order valence-electron chi connectivity index (χ1n) is 7.88. The first-order chi connectivity index (χ1) is 11.4. The number of amides is 1. The molecule has 24 heavy (non-hydrogen) atoms. The number of carbonyl (C=O) groups is 1. The highest BCUT2D eigenvalue weighted by Crippen LogP contribution is 2.29. The minimum Gasteiger partial charge on any atom is -0.312 e. The highest BCUT2D eigenvalue weighted by molar-refractivity contribution is 7.92. The predicted molar refractivity (Wildman–Crippen MR) is 94.8 cm³/mol. The number of anilines is 2. The van der Waals surface area contributed by atoms with E-state index in [2.05, 4.69) is 4.72 Å².